The highest BCUT2D eigenvalue weighted by atomic mass is 16.5. The van der Waals surface area contributed by atoms with Crippen LogP contribution < -0.4 is 11.1 Å². The minimum atomic E-state index is -0.00212. The van der Waals surface area contributed by atoms with Crippen molar-refractivity contribution >= 4 is 0 Å². The Hall–Kier alpha value is -0.120. The number of ether oxygens (including phenoxy) is 1. The number of hydrogen-bond acceptors (Lipinski definition) is 3. The second kappa shape index (κ2) is 5.28. The van der Waals surface area contributed by atoms with E-state index in [0.717, 1.165) is 45.1 Å². The summed E-state index contributed by atoms with van der Waals surface area (Å²) in [5.41, 5.74) is 6.28. The van der Waals surface area contributed by atoms with Crippen LogP contribution in [0.5, 0.6) is 0 Å². The molecular formula is C12H24N2O. The Morgan fingerprint density at radius 2 is 2.00 bits per heavy atom. The van der Waals surface area contributed by atoms with Crippen molar-refractivity contribution in [3.8, 4) is 0 Å². The molecule has 2 aliphatic rings. The van der Waals surface area contributed by atoms with Crippen molar-refractivity contribution in [1.29, 1.82) is 0 Å². The largest absolute Gasteiger partial charge is 0.381 e. The first-order valence-electron chi connectivity index (χ1n) is 6.36. The minimum absolute atomic E-state index is 0.00212. The van der Waals surface area contributed by atoms with E-state index in [-0.39, 0.29) is 5.54 Å². The summed E-state index contributed by atoms with van der Waals surface area (Å²) >= 11 is 0. The third-order valence-corrected chi connectivity index (χ3v) is 3.92. The van der Waals surface area contributed by atoms with E-state index in [1.54, 1.807) is 0 Å². The maximum Gasteiger partial charge on any atom is 0.0484 e. The van der Waals surface area contributed by atoms with Gasteiger partial charge in [-0.15, -0.1) is 0 Å². The molecule has 3 heteroatoms. The summed E-state index contributed by atoms with van der Waals surface area (Å²) in [5, 5.41) is 3.51. The Labute approximate surface area is 92.7 Å². The predicted octanol–water partition coefficient (Wildman–Crippen LogP) is 1.27. The molecule has 0 amide bonds. The van der Waals surface area contributed by atoms with Crippen LogP contribution in [0.25, 0.3) is 0 Å². The molecule has 0 aromatic rings. The average Bonchev–Trinajstić information content (AvgIpc) is 2.16. The third kappa shape index (κ3) is 3.44. The van der Waals surface area contributed by atoms with E-state index in [4.69, 9.17) is 10.5 Å². The first-order valence-corrected chi connectivity index (χ1v) is 6.36. The molecule has 1 saturated carbocycles. The van der Waals surface area contributed by atoms with Gasteiger partial charge in [0, 0.05) is 25.3 Å². The smallest absolute Gasteiger partial charge is 0.0484 e. The second-order valence-corrected chi connectivity index (χ2v) is 5.24. The highest BCUT2D eigenvalue weighted by Gasteiger charge is 2.27. The van der Waals surface area contributed by atoms with E-state index in [0.29, 0.717) is 0 Å². The SMILES string of the molecule is NC1(CNCCC2CCC2)CCOCC1. The van der Waals surface area contributed by atoms with Gasteiger partial charge in [0.2, 0.25) is 0 Å². The van der Waals surface area contributed by atoms with Crippen LogP contribution in [0.15, 0.2) is 0 Å². The minimum Gasteiger partial charge on any atom is -0.381 e. The molecule has 88 valence electrons. The van der Waals surface area contributed by atoms with Crippen LogP contribution in [0.4, 0.5) is 0 Å². The fourth-order valence-corrected chi connectivity index (χ4v) is 2.38. The molecule has 0 spiro atoms. The normalized spacial score (nSPS) is 26.2. The molecule has 0 bridgehead atoms. The van der Waals surface area contributed by atoms with E-state index in [1.165, 1.54) is 25.7 Å². The van der Waals surface area contributed by atoms with E-state index < -0.39 is 0 Å². The molecule has 1 heterocycles. The van der Waals surface area contributed by atoms with Gasteiger partial charge >= 0.3 is 0 Å². The Kier molecular flexibility index (Phi) is 4.00. The van der Waals surface area contributed by atoms with Gasteiger partial charge in [-0.3, -0.25) is 0 Å². The molecule has 2 rings (SSSR count). The van der Waals surface area contributed by atoms with E-state index >= 15 is 0 Å². The van der Waals surface area contributed by atoms with Crippen molar-refractivity contribution in [3.63, 3.8) is 0 Å². The fraction of sp³-hybridized carbons (Fsp3) is 1.00. The van der Waals surface area contributed by atoms with Crippen LogP contribution >= 0.6 is 0 Å². The molecule has 0 aromatic carbocycles. The van der Waals surface area contributed by atoms with Gasteiger partial charge in [-0.2, -0.15) is 0 Å². The van der Waals surface area contributed by atoms with Crippen molar-refractivity contribution in [2.45, 2.75) is 44.1 Å². The molecule has 3 nitrogen and oxygen atoms in total. The zero-order chi connectivity index (χ0) is 10.6. The van der Waals surface area contributed by atoms with Crippen LogP contribution in [0.3, 0.4) is 0 Å². The van der Waals surface area contributed by atoms with Gasteiger partial charge in [0.05, 0.1) is 0 Å². The molecule has 0 unspecified atom stereocenters. The molecule has 1 aliphatic carbocycles. The summed E-state index contributed by atoms with van der Waals surface area (Å²) in [4.78, 5) is 0. The summed E-state index contributed by atoms with van der Waals surface area (Å²) in [5.74, 6) is 1.00. The Balaban J connectivity index is 1.55. The first-order chi connectivity index (χ1) is 7.29. The molecule has 0 atom stereocenters. The van der Waals surface area contributed by atoms with E-state index in [9.17, 15) is 0 Å². The van der Waals surface area contributed by atoms with Crippen molar-refractivity contribution in [3.05, 3.63) is 0 Å². The van der Waals surface area contributed by atoms with Crippen LogP contribution in [0.2, 0.25) is 0 Å². The fourth-order valence-electron chi connectivity index (χ4n) is 2.38. The zero-order valence-electron chi connectivity index (χ0n) is 9.63. The summed E-state index contributed by atoms with van der Waals surface area (Å²) < 4.78 is 5.33. The van der Waals surface area contributed by atoms with E-state index in [1.807, 2.05) is 0 Å². The van der Waals surface area contributed by atoms with Gasteiger partial charge in [0.1, 0.15) is 0 Å². The van der Waals surface area contributed by atoms with Crippen molar-refractivity contribution in [2.24, 2.45) is 11.7 Å². The van der Waals surface area contributed by atoms with Gasteiger partial charge in [0.15, 0.2) is 0 Å². The Bertz CT molecular complexity index is 186. The van der Waals surface area contributed by atoms with Gasteiger partial charge in [0.25, 0.3) is 0 Å². The highest BCUT2D eigenvalue weighted by molar-refractivity contribution is 4.88. The standard InChI is InChI=1S/C12H24N2O/c13-12(5-8-15-9-6-12)10-14-7-4-11-2-1-3-11/h11,14H,1-10,13H2. The number of rotatable bonds is 5. The van der Waals surface area contributed by atoms with Crippen molar-refractivity contribution in [1.82, 2.24) is 5.32 Å². The van der Waals surface area contributed by atoms with Crippen molar-refractivity contribution in [2.75, 3.05) is 26.3 Å². The highest BCUT2D eigenvalue weighted by Crippen LogP contribution is 2.28. The van der Waals surface area contributed by atoms with Gasteiger partial charge < -0.3 is 15.8 Å². The topological polar surface area (TPSA) is 47.3 Å². The molecule has 3 N–H and O–H groups in total. The van der Waals surface area contributed by atoms with Crippen LogP contribution in [0.1, 0.15) is 38.5 Å². The lowest BCUT2D eigenvalue weighted by atomic mass is 9.83. The number of hydrogen-bond donors (Lipinski definition) is 2. The molecule has 15 heavy (non-hydrogen) atoms. The average molecular weight is 212 g/mol. The maximum atomic E-state index is 6.28. The van der Waals surface area contributed by atoms with Gasteiger partial charge in [-0.05, 0) is 31.7 Å². The lowest BCUT2D eigenvalue weighted by Crippen LogP contribution is -2.52. The lowest BCUT2D eigenvalue weighted by Gasteiger charge is -2.34. The van der Waals surface area contributed by atoms with Crippen LogP contribution in [0, 0.1) is 5.92 Å². The summed E-state index contributed by atoms with van der Waals surface area (Å²) in [6.45, 7) is 3.77. The Morgan fingerprint density at radius 3 is 2.60 bits per heavy atom. The first kappa shape index (κ1) is 11.4. The van der Waals surface area contributed by atoms with Crippen LogP contribution in [-0.2, 0) is 4.74 Å². The summed E-state index contributed by atoms with van der Waals surface area (Å²) in [6.07, 6.45) is 7.69. The molecule has 0 radical (unpaired) electrons. The third-order valence-electron chi connectivity index (χ3n) is 3.92. The monoisotopic (exact) mass is 212 g/mol. The molecule has 1 saturated heterocycles. The quantitative estimate of drug-likeness (QED) is 0.675. The number of nitrogens with one attached hydrogen (secondary N) is 1. The van der Waals surface area contributed by atoms with E-state index in [2.05, 4.69) is 5.32 Å². The van der Waals surface area contributed by atoms with Gasteiger partial charge in [-0.25, -0.2) is 0 Å². The van der Waals surface area contributed by atoms with Crippen molar-refractivity contribution < 1.29 is 4.74 Å². The summed E-state index contributed by atoms with van der Waals surface area (Å²) in [6, 6.07) is 0. The Morgan fingerprint density at radius 1 is 1.27 bits per heavy atom. The molecule has 1 aliphatic heterocycles. The lowest BCUT2D eigenvalue weighted by molar-refractivity contribution is 0.0530. The second-order valence-electron chi connectivity index (χ2n) is 5.24. The molecule has 0 aromatic heterocycles. The van der Waals surface area contributed by atoms with Gasteiger partial charge in [-0.1, -0.05) is 19.3 Å². The summed E-state index contributed by atoms with van der Waals surface area (Å²) in [7, 11) is 0. The molecule has 2 fully saturated rings. The molecular weight excluding hydrogens is 188 g/mol. The van der Waals surface area contributed by atoms with Crippen LogP contribution in [-0.4, -0.2) is 31.8 Å². The number of nitrogens with two attached hydrogens (primary N) is 1. The maximum absolute atomic E-state index is 6.28. The zero-order valence-corrected chi connectivity index (χ0v) is 9.63. The predicted molar refractivity (Wildman–Crippen MR) is 61.8 cm³/mol.